The van der Waals surface area contributed by atoms with Crippen LogP contribution in [0, 0.1) is 0 Å². The zero-order chi connectivity index (χ0) is 20.6. The minimum atomic E-state index is -4.47. The van der Waals surface area contributed by atoms with Gasteiger partial charge in [0.15, 0.2) is 5.13 Å². The summed E-state index contributed by atoms with van der Waals surface area (Å²) in [6, 6.07) is 10.3. The SMILES string of the molecule is COc1ccc2nc(N3CCN(C(=O)c4cccc(C(F)(F)F)c4)CC3)sc2c1. The van der Waals surface area contributed by atoms with E-state index in [1.807, 2.05) is 18.2 Å². The molecule has 4 rings (SSSR count). The number of amides is 1. The number of carbonyl (C=O) groups excluding carboxylic acids is 1. The Morgan fingerprint density at radius 3 is 2.55 bits per heavy atom. The van der Waals surface area contributed by atoms with Gasteiger partial charge < -0.3 is 14.5 Å². The molecule has 3 aromatic rings. The first kappa shape index (κ1) is 19.5. The molecule has 152 valence electrons. The molecule has 0 N–H and O–H groups in total. The van der Waals surface area contributed by atoms with E-state index in [0.717, 1.165) is 33.2 Å². The molecule has 1 amide bonds. The fourth-order valence-electron chi connectivity index (χ4n) is 3.27. The van der Waals surface area contributed by atoms with E-state index in [0.29, 0.717) is 26.2 Å². The molecule has 2 aromatic carbocycles. The van der Waals surface area contributed by atoms with Crippen molar-refractivity contribution in [1.82, 2.24) is 9.88 Å². The Balaban J connectivity index is 1.45. The summed E-state index contributed by atoms with van der Waals surface area (Å²) in [4.78, 5) is 21.0. The summed E-state index contributed by atoms with van der Waals surface area (Å²) in [6.45, 7) is 1.99. The Hall–Kier alpha value is -2.81. The maximum Gasteiger partial charge on any atom is 0.416 e. The third-order valence-corrected chi connectivity index (χ3v) is 5.94. The number of anilines is 1. The van der Waals surface area contributed by atoms with E-state index < -0.39 is 11.7 Å². The largest absolute Gasteiger partial charge is 0.497 e. The van der Waals surface area contributed by atoms with Gasteiger partial charge in [0.1, 0.15) is 5.75 Å². The maximum atomic E-state index is 12.9. The molecule has 0 saturated carbocycles. The van der Waals surface area contributed by atoms with Crippen LogP contribution in [0.2, 0.25) is 0 Å². The molecule has 0 atom stereocenters. The van der Waals surface area contributed by atoms with Gasteiger partial charge in [-0.05, 0) is 36.4 Å². The molecular formula is C20H18F3N3O2S. The van der Waals surface area contributed by atoms with Gasteiger partial charge in [0.05, 0.1) is 22.9 Å². The van der Waals surface area contributed by atoms with Crippen molar-refractivity contribution < 1.29 is 22.7 Å². The summed E-state index contributed by atoms with van der Waals surface area (Å²) >= 11 is 1.55. The summed E-state index contributed by atoms with van der Waals surface area (Å²) in [6.07, 6.45) is -4.47. The lowest BCUT2D eigenvalue weighted by Gasteiger charge is -2.34. The Labute approximate surface area is 169 Å². The predicted molar refractivity (Wildman–Crippen MR) is 106 cm³/mol. The molecule has 9 heteroatoms. The molecule has 0 aliphatic carbocycles. The average molecular weight is 421 g/mol. The molecule has 1 saturated heterocycles. The van der Waals surface area contributed by atoms with Crippen LogP contribution in [0.25, 0.3) is 10.2 Å². The third-order valence-electron chi connectivity index (χ3n) is 4.86. The predicted octanol–water partition coefficient (Wildman–Crippen LogP) is 4.29. The van der Waals surface area contributed by atoms with Crippen LogP contribution >= 0.6 is 11.3 Å². The van der Waals surface area contributed by atoms with Crippen LogP contribution in [0.3, 0.4) is 0 Å². The van der Waals surface area contributed by atoms with Gasteiger partial charge >= 0.3 is 6.18 Å². The Kier molecular flexibility index (Phi) is 5.08. The highest BCUT2D eigenvalue weighted by Crippen LogP contribution is 2.32. The molecule has 1 aliphatic heterocycles. The lowest BCUT2D eigenvalue weighted by Crippen LogP contribution is -2.48. The number of hydrogen-bond donors (Lipinski definition) is 0. The van der Waals surface area contributed by atoms with Gasteiger partial charge in [-0.3, -0.25) is 4.79 Å². The van der Waals surface area contributed by atoms with Crippen LogP contribution in [0.1, 0.15) is 15.9 Å². The third kappa shape index (κ3) is 4.00. The molecule has 29 heavy (non-hydrogen) atoms. The second-order valence-electron chi connectivity index (χ2n) is 6.69. The van der Waals surface area contributed by atoms with Crippen LogP contribution in [0.5, 0.6) is 5.75 Å². The zero-order valence-electron chi connectivity index (χ0n) is 15.6. The molecule has 0 radical (unpaired) electrons. The van der Waals surface area contributed by atoms with E-state index in [1.54, 1.807) is 23.3 Å². The summed E-state index contributed by atoms with van der Waals surface area (Å²) in [5, 5.41) is 0.861. The second kappa shape index (κ2) is 7.55. The lowest BCUT2D eigenvalue weighted by atomic mass is 10.1. The fraction of sp³-hybridized carbons (Fsp3) is 0.300. The number of carbonyl (C=O) groups is 1. The molecule has 0 spiro atoms. The molecule has 1 aromatic heterocycles. The number of benzene rings is 2. The lowest BCUT2D eigenvalue weighted by molar-refractivity contribution is -0.137. The van der Waals surface area contributed by atoms with E-state index in [1.165, 1.54) is 12.1 Å². The van der Waals surface area contributed by atoms with Crippen molar-refractivity contribution in [1.29, 1.82) is 0 Å². The quantitative estimate of drug-likeness (QED) is 0.633. The molecule has 0 bridgehead atoms. The van der Waals surface area contributed by atoms with E-state index >= 15 is 0 Å². The monoisotopic (exact) mass is 421 g/mol. The molecule has 2 heterocycles. The number of ether oxygens (including phenoxy) is 1. The van der Waals surface area contributed by atoms with Crippen LogP contribution < -0.4 is 9.64 Å². The fourth-order valence-corrected chi connectivity index (χ4v) is 4.31. The smallest absolute Gasteiger partial charge is 0.416 e. The Morgan fingerprint density at radius 1 is 1.10 bits per heavy atom. The van der Waals surface area contributed by atoms with Crippen molar-refractivity contribution in [3.63, 3.8) is 0 Å². The van der Waals surface area contributed by atoms with Crippen molar-refractivity contribution in [2.45, 2.75) is 6.18 Å². The van der Waals surface area contributed by atoms with Gasteiger partial charge in [0.2, 0.25) is 0 Å². The zero-order valence-corrected chi connectivity index (χ0v) is 16.4. The number of alkyl halides is 3. The second-order valence-corrected chi connectivity index (χ2v) is 7.70. The van der Waals surface area contributed by atoms with Crippen molar-refractivity contribution in [3.8, 4) is 5.75 Å². The number of aromatic nitrogens is 1. The first-order chi connectivity index (χ1) is 13.8. The van der Waals surface area contributed by atoms with Crippen molar-refractivity contribution in [2.24, 2.45) is 0 Å². The van der Waals surface area contributed by atoms with Crippen molar-refractivity contribution in [2.75, 3.05) is 38.2 Å². The van der Waals surface area contributed by atoms with Crippen LogP contribution in [-0.4, -0.2) is 49.1 Å². The molecule has 1 fully saturated rings. The number of hydrogen-bond acceptors (Lipinski definition) is 5. The average Bonchev–Trinajstić information content (AvgIpc) is 3.16. The number of piperazine rings is 1. The number of rotatable bonds is 3. The standard InChI is InChI=1S/C20H18F3N3O2S/c1-28-15-5-6-16-17(12-15)29-19(24-16)26-9-7-25(8-10-26)18(27)13-3-2-4-14(11-13)20(21,22)23/h2-6,11-12H,7-10H2,1H3. The van der Waals surface area contributed by atoms with Gasteiger partial charge in [0, 0.05) is 31.7 Å². The highest BCUT2D eigenvalue weighted by Gasteiger charge is 2.32. The first-order valence-electron chi connectivity index (χ1n) is 9.01. The Bertz CT molecular complexity index is 1040. The molecular weight excluding hydrogens is 403 g/mol. The number of halogens is 3. The van der Waals surface area contributed by atoms with Gasteiger partial charge in [0.25, 0.3) is 5.91 Å². The van der Waals surface area contributed by atoms with Crippen LogP contribution in [0.4, 0.5) is 18.3 Å². The van der Waals surface area contributed by atoms with E-state index in [-0.39, 0.29) is 11.5 Å². The first-order valence-corrected chi connectivity index (χ1v) is 9.83. The van der Waals surface area contributed by atoms with Gasteiger partial charge in [-0.2, -0.15) is 13.2 Å². The number of fused-ring (bicyclic) bond motifs is 1. The summed E-state index contributed by atoms with van der Waals surface area (Å²) in [7, 11) is 1.61. The maximum absolute atomic E-state index is 12.9. The van der Waals surface area contributed by atoms with Crippen molar-refractivity contribution >= 4 is 32.6 Å². The number of thiazole rings is 1. The molecule has 5 nitrogen and oxygen atoms in total. The molecule has 0 unspecified atom stereocenters. The summed E-state index contributed by atoms with van der Waals surface area (Å²) < 4.78 is 45.0. The summed E-state index contributed by atoms with van der Waals surface area (Å²) in [5.41, 5.74) is 0.125. The highest BCUT2D eigenvalue weighted by atomic mass is 32.1. The topological polar surface area (TPSA) is 45.7 Å². The number of nitrogens with zero attached hydrogens (tertiary/aromatic N) is 3. The van der Waals surface area contributed by atoms with Crippen LogP contribution in [-0.2, 0) is 6.18 Å². The van der Waals surface area contributed by atoms with Crippen LogP contribution in [0.15, 0.2) is 42.5 Å². The summed E-state index contributed by atoms with van der Waals surface area (Å²) in [5.74, 6) is 0.383. The number of methoxy groups -OCH3 is 1. The highest BCUT2D eigenvalue weighted by molar-refractivity contribution is 7.22. The minimum absolute atomic E-state index is 0.0559. The van der Waals surface area contributed by atoms with Gasteiger partial charge in [-0.1, -0.05) is 17.4 Å². The van der Waals surface area contributed by atoms with Gasteiger partial charge in [-0.25, -0.2) is 4.98 Å². The Morgan fingerprint density at radius 2 is 1.86 bits per heavy atom. The minimum Gasteiger partial charge on any atom is -0.497 e. The van der Waals surface area contributed by atoms with Gasteiger partial charge in [-0.15, -0.1) is 0 Å². The molecule has 1 aliphatic rings. The van der Waals surface area contributed by atoms with E-state index in [2.05, 4.69) is 9.88 Å². The van der Waals surface area contributed by atoms with E-state index in [4.69, 9.17) is 4.74 Å². The van der Waals surface area contributed by atoms with E-state index in [9.17, 15) is 18.0 Å². The normalized spacial score (nSPS) is 15.0. The van der Waals surface area contributed by atoms with Crippen molar-refractivity contribution in [3.05, 3.63) is 53.6 Å².